The third kappa shape index (κ3) is 4.85. The van der Waals surface area contributed by atoms with Crippen LogP contribution in [0.2, 0.25) is 5.02 Å². The maximum Gasteiger partial charge on any atom is 0.240 e. The Morgan fingerprint density at radius 1 is 1.32 bits per heavy atom. The number of nitrogens with one attached hydrogen (secondary N) is 1. The second-order valence-corrected chi connectivity index (χ2v) is 6.14. The second kappa shape index (κ2) is 8.73. The second-order valence-electron chi connectivity index (χ2n) is 5.70. The number of hydrogen-bond acceptors (Lipinski definition) is 3. The molecule has 0 spiro atoms. The molecule has 0 radical (unpaired) electrons. The van der Waals surface area contributed by atoms with Crippen LogP contribution < -0.4 is 11.1 Å². The highest BCUT2D eigenvalue weighted by atomic mass is 35.5. The van der Waals surface area contributed by atoms with Gasteiger partial charge in [0.1, 0.15) is 0 Å². The van der Waals surface area contributed by atoms with Crippen molar-refractivity contribution in [3.8, 4) is 0 Å². The highest BCUT2D eigenvalue weighted by Gasteiger charge is 2.35. The predicted octanol–water partition coefficient (Wildman–Crippen LogP) is 3.23. The van der Waals surface area contributed by atoms with Crippen LogP contribution in [-0.4, -0.2) is 25.1 Å². The van der Waals surface area contributed by atoms with Crippen LogP contribution in [0.5, 0.6) is 0 Å². The standard InChI is InChI=1S/C16H23ClN2O2.ClH/c1-21-14(12-5-7-13(17)8-6-12)11-19-15(20)16(18)9-3-2-4-10-16;/h5-8,14H,2-4,9-11,18H2,1H3,(H,19,20);1H. The normalized spacial score (nSPS) is 18.1. The number of hydrogen-bond donors (Lipinski definition) is 2. The number of ether oxygens (including phenoxy) is 1. The number of rotatable bonds is 5. The van der Waals surface area contributed by atoms with Gasteiger partial charge in [0.2, 0.25) is 5.91 Å². The molecule has 0 heterocycles. The van der Waals surface area contributed by atoms with E-state index < -0.39 is 5.54 Å². The molecule has 0 bridgehead atoms. The monoisotopic (exact) mass is 346 g/mol. The lowest BCUT2D eigenvalue weighted by molar-refractivity contribution is -0.128. The number of halogens is 2. The molecule has 4 nitrogen and oxygen atoms in total. The minimum atomic E-state index is -0.712. The van der Waals surface area contributed by atoms with Crippen LogP contribution in [0.15, 0.2) is 24.3 Å². The molecule has 1 saturated carbocycles. The molecule has 0 aromatic heterocycles. The number of amides is 1. The van der Waals surface area contributed by atoms with Crippen molar-refractivity contribution in [2.75, 3.05) is 13.7 Å². The van der Waals surface area contributed by atoms with Gasteiger partial charge in [-0.2, -0.15) is 0 Å². The fraction of sp³-hybridized carbons (Fsp3) is 0.562. The van der Waals surface area contributed by atoms with Crippen molar-refractivity contribution in [3.63, 3.8) is 0 Å². The summed E-state index contributed by atoms with van der Waals surface area (Å²) in [6, 6.07) is 7.44. The zero-order valence-corrected chi connectivity index (χ0v) is 14.4. The molecule has 1 aromatic carbocycles. The summed E-state index contributed by atoms with van der Waals surface area (Å²) >= 11 is 5.88. The van der Waals surface area contributed by atoms with Gasteiger partial charge in [-0.05, 0) is 30.5 Å². The van der Waals surface area contributed by atoms with Gasteiger partial charge in [0.15, 0.2) is 0 Å². The van der Waals surface area contributed by atoms with Gasteiger partial charge >= 0.3 is 0 Å². The lowest BCUT2D eigenvalue weighted by Crippen LogP contribution is -2.55. The topological polar surface area (TPSA) is 64.3 Å². The summed E-state index contributed by atoms with van der Waals surface area (Å²) in [5.41, 5.74) is 6.49. The van der Waals surface area contributed by atoms with E-state index in [1.54, 1.807) is 7.11 Å². The van der Waals surface area contributed by atoms with Crippen molar-refractivity contribution in [2.24, 2.45) is 5.73 Å². The lowest BCUT2D eigenvalue weighted by Gasteiger charge is -2.32. The Morgan fingerprint density at radius 3 is 2.45 bits per heavy atom. The van der Waals surface area contributed by atoms with Crippen LogP contribution in [0.3, 0.4) is 0 Å². The van der Waals surface area contributed by atoms with Crippen molar-refractivity contribution in [3.05, 3.63) is 34.9 Å². The Kier molecular flexibility index (Phi) is 7.63. The molecule has 1 aliphatic rings. The van der Waals surface area contributed by atoms with Crippen molar-refractivity contribution in [2.45, 2.75) is 43.7 Å². The number of nitrogens with two attached hydrogens (primary N) is 1. The van der Waals surface area contributed by atoms with Crippen molar-refractivity contribution in [1.29, 1.82) is 0 Å². The first-order valence-corrected chi connectivity index (χ1v) is 7.78. The first kappa shape index (κ1) is 19.2. The molecular formula is C16H24Cl2N2O2. The van der Waals surface area contributed by atoms with E-state index in [9.17, 15) is 4.79 Å². The highest BCUT2D eigenvalue weighted by Crippen LogP contribution is 2.26. The summed E-state index contributed by atoms with van der Waals surface area (Å²) in [4.78, 5) is 12.3. The van der Waals surface area contributed by atoms with E-state index in [2.05, 4.69) is 5.32 Å². The lowest BCUT2D eigenvalue weighted by atomic mass is 9.82. The van der Waals surface area contributed by atoms with Gasteiger partial charge in [0.25, 0.3) is 0 Å². The van der Waals surface area contributed by atoms with Gasteiger partial charge in [0, 0.05) is 18.7 Å². The fourth-order valence-corrected chi connectivity index (χ4v) is 2.91. The van der Waals surface area contributed by atoms with Gasteiger partial charge in [-0.1, -0.05) is 43.0 Å². The van der Waals surface area contributed by atoms with Crippen LogP contribution >= 0.6 is 24.0 Å². The van der Waals surface area contributed by atoms with Gasteiger partial charge in [-0.15, -0.1) is 12.4 Å². The largest absolute Gasteiger partial charge is 0.375 e. The molecule has 2 rings (SSSR count). The van der Waals surface area contributed by atoms with E-state index >= 15 is 0 Å². The first-order chi connectivity index (χ1) is 10.0. The predicted molar refractivity (Wildman–Crippen MR) is 91.5 cm³/mol. The minimum Gasteiger partial charge on any atom is -0.375 e. The molecule has 1 fully saturated rings. The summed E-state index contributed by atoms with van der Waals surface area (Å²) in [5.74, 6) is -0.0711. The first-order valence-electron chi connectivity index (χ1n) is 7.40. The van der Waals surface area contributed by atoms with Crippen LogP contribution in [-0.2, 0) is 9.53 Å². The Labute approximate surface area is 143 Å². The fourth-order valence-electron chi connectivity index (χ4n) is 2.79. The van der Waals surface area contributed by atoms with Gasteiger partial charge in [-0.25, -0.2) is 0 Å². The summed E-state index contributed by atoms with van der Waals surface area (Å²) in [5, 5.41) is 3.62. The Hall–Kier alpha value is -0.810. The third-order valence-electron chi connectivity index (χ3n) is 4.17. The molecular weight excluding hydrogens is 323 g/mol. The molecule has 6 heteroatoms. The van der Waals surface area contributed by atoms with Gasteiger partial charge in [-0.3, -0.25) is 4.79 Å². The summed E-state index contributed by atoms with van der Waals surface area (Å²) in [7, 11) is 1.63. The van der Waals surface area contributed by atoms with E-state index in [1.165, 1.54) is 0 Å². The molecule has 0 aliphatic heterocycles. The van der Waals surface area contributed by atoms with E-state index in [0.29, 0.717) is 11.6 Å². The number of carbonyl (C=O) groups excluding carboxylic acids is 1. The maximum absolute atomic E-state index is 12.3. The highest BCUT2D eigenvalue weighted by molar-refractivity contribution is 6.30. The zero-order valence-electron chi connectivity index (χ0n) is 12.8. The molecule has 22 heavy (non-hydrogen) atoms. The molecule has 0 saturated heterocycles. The third-order valence-corrected chi connectivity index (χ3v) is 4.42. The van der Waals surface area contributed by atoms with Crippen LogP contribution in [0.25, 0.3) is 0 Å². The molecule has 1 unspecified atom stereocenters. The van der Waals surface area contributed by atoms with E-state index in [-0.39, 0.29) is 24.4 Å². The molecule has 1 aliphatic carbocycles. The van der Waals surface area contributed by atoms with Crippen molar-refractivity contribution in [1.82, 2.24) is 5.32 Å². The van der Waals surface area contributed by atoms with Gasteiger partial charge < -0.3 is 15.8 Å². The Morgan fingerprint density at radius 2 is 1.91 bits per heavy atom. The van der Waals surface area contributed by atoms with Gasteiger partial charge in [0.05, 0.1) is 11.6 Å². The molecule has 1 atom stereocenters. The summed E-state index contributed by atoms with van der Waals surface area (Å²) < 4.78 is 5.45. The van der Waals surface area contributed by atoms with Crippen molar-refractivity contribution < 1.29 is 9.53 Å². The molecule has 1 amide bonds. The van der Waals surface area contributed by atoms with E-state index in [4.69, 9.17) is 22.1 Å². The quantitative estimate of drug-likeness (QED) is 0.860. The van der Waals surface area contributed by atoms with Crippen LogP contribution in [0.4, 0.5) is 0 Å². The molecule has 3 N–H and O–H groups in total. The zero-order chi connectivity index (χ0) is 15.3. The smallest absolute Gasteiger partial charge is 0.240 e. The summed E-state index contributed by atoms with van der Waals surface area (Å²) in [6.45, 7) is 0.413. The molecule has 124 valence electrons. The summed E-state index contributed by atoms with van der Waals surface area (Å²) in [6.07, 6.45) is 4.54. The average molecular weight is 347 g/mol. The van der Waals surface area contributed by atoms with E-state index in [0.717, 1.165) is 37.7 Å². The Bertz CT molecular complexity index is 474. The SMILES string of the molecule is COC(CNC(=O)C1(N)CCCCC1)c1ccc(Cl)cc1.Cl. The number of benzene rings is 1. The Balaban J connectivity index is 0.00000242. The van der Waals surface area contributed by atoms with E-state index in [1.807, 2.05) is 24.3 Å². The van der Waals surface area contributed by atoms with Crippen LogP contribution in [0, 0.1) is 0 Å². The molecule has 1 aromatic rings. The van der Waals surface area contributed by atoms with Crippen molar-refractivity contribution >= 4 is 29.9 Å². The number of carbonyl (C=O) groups is 1. The average Bonchev–Trinajstić information content (AvgIpc) is 2.50. The van der Waals surface area contributed by atoms with Crippen LogP contribution in [0.1, 0.15) is 43.8 Å². The maximum atomic E-state index is 12.3. The number of methoxy groups -OCH3 is 1. The minimum absolute atomic E-state index is 0.